The van der Waals surface area contributed by atoms with Crippen molar-refractivity contribution in [3.8, 4) is 16.1 Å². The fraction of sp³-hybridized carbons (Fsp3) is 0.400. The van der Waals surface area contributed by atoms with E-state index < -0.39 is 12.0 Å². The summed E-state index contributed by atoms with van der Waals surface area (Å²) in [5.74, 6) is 0.319. The van der Waals surface area contributed by atoms with Crippen molar-refractivity contribution in [2.24, 2.45) is 4.99 Å². The van der Waals surface area contributed by atoms with Gasteiger partial charge in [0.15, 0.2) is 5.82 Å². The zero-order chi connectivity index (χ0) is 50.7. The monoisotopic (exact) mass is 1000 g/mol. The summed E-state index contributed by atoms with van der Waals surface area (Å²) >= 11 is 1.63. The van der Waals surface area contributed by atoms with Crippen molar-refractivity contribution >= 4 is 51.6 Å². The van der Waals surface area contributed by atoms with Crippen molar-refractivity contribution in [3.05, 3.63) is 153 Å². The maximum absolute atomic E-state index is 13.8. The minimum Gasteiger partial charge on any atom is -0.481 e. The van der Waals surface area contributed by atoms with Crippen LogP contribution < -0.4 is 5.32 Å². The number of nitrogens with zero attached hydrogens (tertiary/aromatic N) is 5. The average molecular weight is 1000 g/mol. The number of aryl methyl sites for hydroxylation is 2. The molecule has 2 aliphatic rings. The van der Waals surface area contributed by atoms with Gasteiger partial charge in [0, 0.05) is 64.2 Å². The molecule has 4 heterocycles. The van der Waals surface area contributed by atoms with E-state index in [0.29, 0.717) is 37.8 Å². The molecule has 0 bridgehead atoms. The highest BCUT2D eigenvalue weighted by Gasteiger charge is 2.33. The van der Waals surface area contributed by atoms with Gasteiger partial charge in [-0.1, -0.05) is 149 Å². The van der Waals surface area contributed by atoms with Crippen LogP contribution in [0.4, 0.5) is 10.5 Å². The average Bonchev–Trinajstić information content (AvgIpc) is 4.14. The van der Waals surface area contributed by atoms with E-state index in [1.165, 1.54) is 84.6 Å². The molecular formula is C60H69N7O5S. The van der Waals surface area contributed by atoms with Crippen molar-refractivity contribution < 1.29 is 24.2 Å². The number of rotatable bonds is 25. The predicted molar refractivity (Wildman–Crippen MR) is 292 cm³/mol. The number of fused-ring (bicyclic) bond motifs is 7. The Morgan fingerprint density at radius 3 is 2.03 bits per heavy atom. The molecule has 3 N–H and O–H groups in total. The van der Waals surface area contributed by atoms with Crippen LogP contribution in [0.5, 0.6) is 0 Å². The number of carbonyl (C=O) groups excluding carboxylic acids is 2. The number of aliphatic imine (C=N–C) groups is 1. The molecule has 73 heavy (non-hydrogen) atoms. The first-order valence-corrected chi connectivity index (χ1v) is 27.3. The molecule has 0 saturated heterocycles. The maximum atomic E-state index is 13.8. The zero-order valence-corrected chi connectivity index (χ0v) is 43.4. The minimum absolute atomic E-state index is 0.00969. The Hall–Kier alpha value is -6.86. The smallest absolute Gasteiger partial charge is 0.409 e. The Bertz CT molecular complexity index is 3010. The molecule has 0 spiro atoms. The lowest BCUT2D eigenvalue weighted by Gasteiger charge is -2.24. The fourth-order valence-corrected chi connectivity index (χ4v) is 11.9. The third kappa shape index (κ3) is 12.2. The summed E-state index contributed by atoms with van der Waals surface area (Å²) in [5, 5.41) is 23.6. The highest BCUT2D eigenvalue weighted by molar-refractivity contribution is 7.15. The largest absolute Gasteiger partial charge is 0.481 e. The van der Waals surface area contributed by atoms with E-state index in [1.807, 2.05) is 46.7 Å². The van der Waals surface area contributed by atoms with Gasteiger partial charge < -0.3 is 25.0 Å². The Morgan fingerprint density at radius 1 is 0.740 bits per heavy atom. The maximum Gasteiger partial charge on any atom is 0.409 e. The highest BCUT2D eigenvalue weighted by Crippen LogP contribution is 2.45. The summed E-state index contributed by atoms with van der Waals surface area (Å²) in [6.45, 7) is 7.67. The van der Waals surface area contributed by atoms with Crippen molar-refractivity contribution in [2.45, 2.75) is 135 Å². The Kier molecular flexibility index (Phi) is 17.0. The van der Waals surface area contributed by atoms with E-state index in [1.54, 1.807) is 11.3 Å². The topological polar surface area (TPSA) is 155 Å². The third-order valence-electron chi connectivity index (χ3n) is 14.8. The lowest BCUT2D eigenvalue weighted by molar-refractivity contribution is -0.137. The van der Waals surface area contributed by atoms with E-state index in [2.05, 4.69) is 107 Å². The molecule has 9 rings (SSSR count). The van der Waals surface area contributed by atoms with Crippen LogP contribution in [0.15, 0.2) is 108 Å². The Balaban J connectivity index is 0.643. The molecular weight excluding hydrogens is 931 g/mol. The number of thiophene rings is 1. The van der Waals surface area contributed by atoms with Gasteiger partial charge in [-0.05, 0) is 91.6 Å². The number of aliphatic carboxylic acids is 1. The summed E-state index contributed by atoms with van der Waals surface area (Å²) in [7, 11) is 0. The molecule has 0 unspecified atom stereocenters. The number of hydrogen-bond acceptors (Lipinski definition) is 8. The van der Waals surface area contributed by atoms with Crippen LogP contribution in [-0.2, 0) is 20.7 Å². The summed E-state index contributed by atoms with van der Waals surface area (Å²) in [5.41, 5.74) is 11.6. The number of benzene rings is 4. The van der Waals surface area contributed by atoms with Crippen LogP contribution in [0.3, 0.4) is 0 Å². The second-order valence-corrected chi connectivity index (χ2v) is 21.1. The lowest BCUT2D eigenvalue weighted by atomic mass is 9.98. The molecule has 1 aliphatic heterocycles. The van der Waals surface area contributed by atoms with Crippen molar-refractivity contribution in [3.63, 3.8) is 0 Å². The number of hydrogen-bond donors (Lipinski definition) is 3. The standard InChI is InChI=1S/C60H69N7O5S/c1-40-41(2)73-59-56(40)57(63-53(37-55(69)70)58-65-64-42(3)67(58)59)43-30-32-45(33-31-43)62-54(68)29-15-13-11-9-7-5-4-6-8-10-12-14-22-35-66(36-34-44-38-61-52-28-21-20-23-46(44)52)60(71)72-39-51-49-26-18-16-24-47(49)48-25-17-19-27-50(48)51/h16-21,23-28,30-33,38,51,53,61H,4-15,22,29,34-37,39H2,1-3H3,(H,62,68)(H,69,70)/t53-/m0/s1. The van der Waals surface area contributed by atoms with Gasteiger partial charge in [-0.25, -0.2) is 4.79 Å². The first kappa shape index (κ1) is 51.1. The van der Waals surface area contributed by atoms with Gasteiger partial charge in [0.2, 0.25) is 5.91 Å². The van der Waals surface area contributed by atoms with Crippen LogP contribution in [0, 0.1) is 20.8 Å². The molecule has 0 radical (unpaired) electrons. The molecule has 12 nitrogen and oxygen atoms in total. The van der Waals surface area contributed by atoms with Gasteiger partial charge in [-0.2, -0.15) is 0 Å². The van der Waals surface area contributed by atoms with Gasteiger partial charge in [0.1, 0.15) is 23.5 Å². The fourth-order valence-electron chi connectivity index (χ4n) is 10.7. The number of ether oxygens (including phenoxy) is 1. The van der Waals surface area contributed by atoms with Crippen molar-refractivity contribution in [2.75, 3.05) is 25.0 Å². The number of para-hydroxylation sites is 1. The Morgan fingerprint density at radius 2 is 1.36 bits per heavy atom. The molecule has 13 heteroatoms. The number of unbranched alkanes of at least 4 members (excludes halogenated alkanes) is 12. The van der Waals surface area contributed by atoms with E-state index in [9.17, 15) is 19.5 Å². The number of nitrogens with one attached hydrogen (secondary N) is 2. The quantitative estimate of drug-likeness (QED) is 0.0482. The van der Waals surface area contributed by atoms with Gasteiger partial charge >= 0.3 is 12.1 Å². The van der Waals surface area contributed by atoms with Crippen LogP contribution >= 0.6 is 11.3 Å². The first-order chi connectivity index (χ1) is 35.6. The molecule has 380 valence electrons. The van der Waals surface area contributed by atoms with Crippen LogP contribution in [0.1, 0.15) is 158 Å². The molecule has 4 aromatic carbocycles. The number of carboxylic acids is 1. The number of carbonyl (C=O) groups is 3. The molecule has 7 aromatic rings. The van der Waals surface area contributed by atoms with Crippen molar-refractivity contribution in [1.29, 1.82) is 0 Å². The van der Waals surface area contributed by atoms with E-state index in [0.717, 1.165) is 82.0 Å². The Labute approximate surface area is 433 Å². The van der Waals surface area contributed by atoms with Gasteiger partial charge in [-0.3, -0.25) is 19.1 Å². The second-order valence-electron chi connectivity index (χ2n) is 19.9. The van der Waals surface area contributed by atoms with Gasteiger partial charge in [0.25, 0.3) is 0 Å². The molecule has 0 fully saturated rings. The summed E-state index contributed by atoms with van der Waals surface area (Å²) in [4.78, 5) is 50.1. The second kappa shape index (κ2) is 24.2. The highest BCUT2D eigenvalue weighted by atomic mass is 32.1. The normalized spacial score (nSPS) is 13.7. The number of amides is 2. The van der Waals surface area contributed by atoms with E-state index >= 15 is 0 Å². The molecule has 1 atom stereocenters. The van der Waals surface area contributed by atoms with Crippen LogP contribution in [0.2, 0.25) is 0 Å². The zero-order valence-electron chi connectivity index (χ0n) is 42.6. The number of aromatic amines is 1. The minimum atomic E-state index is -0.952. The summed E-state index contributed by atoms with van der Waals surface area (Å²) in [6, 6.07) is 32.3. The van der Waals surface area contributed by atoms with Gasteiger partial charge in [0.05, 0.1) is 12.1 Å². The molecule has 2 amide bonds. The number of aromatic nitrogens is 4. The number of H-pyrrole nitrogens is 1. The summed E-state index contributed by atoms with van der Waals surface area (Å²) < 4.78 is 8.10. The molecule has 0 saturated carbocycles. The van der Waals surface area contributed by atoms with Crippen LogP contribution in [0.25, 0.3) is 27.0 Å². The summed E-state index contributed by atoms with van der Waals surface area (Å²) in [6.07, 6.45) is 17.9. The molecule has 1 aliphatic carbocycles. The van der Waals surface area contributed by atoms with Crippen molar-refractivity contribution in [1.82, 2.24) is 24.6 Å². The number of anilines is 1. The number of carboxylic acid groups (broad SMARTS) is 1. The predicted octanol–water partition coefficient (Wildman–Crippen LogP) is 14.0. The first-order valence-electron chi connectivity index (χ1n) is 26.5. The van der Waals surface area contributed by atoms with E-state index in [4.69, 9.17) is 9.73 Å². The van der Waals surface area contributed by atoms with Crippen LogP contribution in [-0.4, -0.2) is 73.1 Å². The molecule has 3 aromatic heterocycles. The third-order valence-corrected chi connectivity index (χ3v) is 16.0. The SMILES string of the molecule is Cc1sc2c(c1C)C(c1ccc(NC(=O)CCCCCCCCCCCCCCCN(CCc3c[nH]c4ccccc34)C(=O)OCC3c4ccccc4-c4ccccc43)cc1)=N[C@@H](CC(=O)O)c1nnc(C)n1-2. The lowest BCUT2D eigenvalue weighted by Crippen LogP contribution is -2.35. The van der Waals surface area contributed by atoms with E-state index in [-0.39, 0.29) is 24.3 Å². The van der Waals surface area contributed by atoms with Gasteiger partial charge in [-0.15, -0.1) is 21.5 Å².